The molecule has 0 aromatic rings. The van der Waals surface area contributed by atoms with E-state index in [0.717, 1.165) is 0 Å². The van der Waals surface area contributed by atoms with E-state index in [1.165, 1.54) is 12.2 Å². The van der Waals surface area contributed by atoms with Gasteiger partial charge in [-0.15, -0.1) is 0 Å². The Morgan fingerprint density at radius 1 is 1.47 bits per heavy atom. The van der Waals surface area contributed by atoms with Gasteiger partial charge in [0.1, 0.15) is 0 Å². The summed E-state index contributed by atoms with van der Waals surface area (Å²) in [6, 6.07) is -1.70. The molecule has 2 N–H and O–H groups in total. The van der Waals surface area contributed by atoms with Crippen LogP contribution in [0.5, 0.6) is 0 Å². The Balaban J connectivity index is 4.34. The van der Waals surface area contributed by atoms with E-state index >= 15 is 0 Å². The van der Waals surface area contributed by atoms with Gasteiger partial charge in [0.15, 0.2) is 6.04 Å². The summed E-state index contributed by atoms with van der Waals surface area (Å²) in [4.78, 5) is 21.3. The molecule has 0 aliphatic rings. The van der Waals surface area contributed by atoms with E-state index in [1.807, 2.05) is 0 Å². The average Bonchev–Trinajstić information content (AvgIpc) is 2.12. The maximum atomic E-state index is 11.7. The van der Waals surface area contributed by atoms with Crippen molar-refractivity contribution in [3.63, 3.8) is 0 Å². The molecule has 0 aromatic heterocycles. The molecule has 0 fully saturated rings. The van der Waals surface area contributed by atoms with Crippen LogP contribution in [0.15, 0.2) is 0 Å². The van der Waals surface area contributed by atoms with Gasteiger partial charge in [-0.05, 0) is 6.92 Å². The molecule has 0 saturated carbocycles. The SMILES string of the molecule is CCOC(=O)C(CO)NC(=O)C(F)(F)F. The normalized spacial score (nSPS) is 13.1. The van der Waals surface area contributed by atoms with Crippen molar-refractivity contribution in [2.24, 2.45) is 0 Å². The van der Waals surface area contributed by atoms with Crippen molar-refractivity contribution >= 4 is 11.9 Å². The van der Waals surface area contributed by atoms with Crippen LogP contribution >= 0.6 is 0 Å². The Bertz CT molecular complexity index is 241. The minimum atomic E-state index is -5.10. The van der Waals surface area contributed by atoms with E-state index in [1.54, 1.807) is 0 Å². The summed E-state index contributed by atoms with van der Waals surface area (Å²) in [5.74, 6) is -3.41. The predicted octanol–water partition coefficient (Wildman–Crippen LogP) is -0.411. The summed E-state index contributed by atoms with van der Waals surface area (Å²) in [6.45, 7) is 0.426. The van der Waals surface area contributed by atoms with Crippen LogP contribution in [0, 0.1) is 0 Å². The number of hydrogen-bond donors (Lipinski definition) is 2. The molecule has 5 nitrogen and oxygen atoms in total. The van der Waals surface area contributed by atoms with Crippen molar-refractivity contribution < 1.29 is 32.6 Å². The first-order chi connectivity index (χ1) is 6.82. The molecule has 1 amide bonds. The smallest absolute Gasteiger partial charge is 0.464 e. The molecule has 0 heterocycles. The number of amides is 1. The number of esters is 1. The molecule has 0 aliphatic carbocycles. The number of hydrogen-bond acceptors (Lipinski definition) is 4. The zero-order chi connectivity index (χ0) is 12.1. The van der Waals surface area contributed by atoms with Gasteiger partial charge >= 0.3 is 18.1 Å². The van der Waals surface area contributed by atoms with Crippen LogP contribution in [0.3, 0.4) is 0 Å². The molecule has 8 heteroatoms. The average molecular weight is 229 g/mol. The maximum Gasteiger partial charge on any atom is 0.471 e. The second-order valence-electron chi connectivity index (χ2n) is 2.46. The van der Waals surface area contributed by atoms with Gasteiger partial charge in [-0.2, -0.15) is 13.2 Å². The first kappa shape index (κ1) is 13.7. The summed E-state index contributed by atoms with van der Waals surface area (Å²) in [7, 11) is 0. The first-order valence-electron chi connectivity index (χ1n) is 3.98. The molecule has 88 valence electrons. The van der Waals surface area contributed by atoms with Crippen molar-refractivity contribution in [2.75, 3.05) is 13.2 Å². The van der Waals surface area contributed by atoms with E-state index in [9.17, 15) is 22.8 Å². The fourth-order valence-corrected chi connectivity index (χ4v) is 0.662. The van der Waals surface area contributed by atoms with Crippen LogP contribution in [0.2, 0.25) is 0 Å². The quantitative estimate of drug-likeness (QED) is 0.642. The highest BCUT2D eigenvalue weighted by atomic mass is 19.4. The first-order valence-corrected chi connectivity index (χ1v) is 3.98. The van der Waals surface area contributed by atoms with Crippen LogP contribution in [-0.2, 0) is 14.3 Å². The third kappa shape index (κ3) is 4.63. The molecule has 0 aromatic carbocycles. The van der Waals surface area contributed by atoms with Gasteiger partial charge in [0.25, 0.3) is 0 Å². The number of alkyl halides is 3. The summed E-state index contributed by atoms with van der Waals surface area (Å²) in [5.41, 5.74) is 0. The second-order valence-corrected chi connectivity index (χ2v) is 2.46. The minimum absolute atomic E-state index is 0.0583. The number of aliphatic hydroxyl groups is 1. The second kappa shape index (κ2) is 5.54. The van der Waals surface area contributed by atoms with Gasteiger partial charge < -0.3 is 15.2 Å². The number of nitrogens with one attached hydrogen (secondary N) is 1. The lowest BCUT2D eigenvalue weighted by Gasteiger charge is -2.15. The van der Waals surface area contributed by atoms with E-state index < -0.39 is 30.7 Å². The third-order valence-electron chi connectivity index (χ3n) is 1.32. The lowest BCUT2D eigenvalue weighted by molar-refractivity contribution is -0.176. The Hall–Kier alpha value is -1.31. The van der Waals surface area contributed by atoms with Crippen LogP contribution < -0.4 is 5.32 Å². The number of carbonyl (C=O) groups excluding carboxylic acids is 2. The van der Waals surface area contributed by atoms with Gasteiger partial charge in [-0.1, -0.05) is 0 Å². The standard InChI is InChI=1S/C7H10F3NO4/c1-2-15-5(13)4(3-12)11-6(14)7(8,9)10/h4,12H,2-3H2,1H3,(H,11,14). The van der Waals surface area contributed by atoms with Gasteiger partial charge in [-0.25, -0.2) is 4.79 Å². The number of ether oxygens (including phenoxy) is 1. The Kier molecular flexibility index (Phi) is 5.06. The van der Waals surface area contributed by atoms with E-state index in [2.05, 4.69) is 4.74 Å². The van der Waals surface area contributed by atoms with Crippen molar-refractivity contribution in [3.8, 4) is 0 Å². The molecule has 0 aliphatic heterocycles. The van der Waals surface area contributed by atoms with Crippen molar-refractivity contribution in [2.45, 2.75) is 19.1 Å². The summed E-state index contributed by atoms with van der Waals surface area (Å²) >= 11 is 0. The fraction of sp³-hybridized carbons (Fsp3) is 0.714. The van der Waals surface area contributed by atoms with Gasteiger partial charge in [0, 0.05) is 0 Å². The predicted molar refractivity (Wildman–Crippen MR) is 41.7 cm³/mol. The molecule has 15 heavy (non-hydrogen) atoms. The van der Waals surface area contributed by atoms with E-state index in [-0.39, 0.29) is 6.61 Å². The largest absolute Gasteiger partial charge is 0.471 e. The number of aliphatic hydroxyl groups excluding tert-OH is 1. The number of rotatable bonds is 4. The van der Waals surface area contributed by atoms with Crippen LogP contribution in [0.4, 0.5) is 13.2 Å². The van der Waals surface area contributed by atoms with E-state index in [0.29, 0.717) is 0 Å². The van der Waals surface area contributed by atoms with Crippen molar-refractivity contribution in [3.05, 3.63) is 0 Å². The molecule has 0 saturated heterocycles. The Morgan fingerprint density at radius 2 is 2.00 bits per heavy atom. The number of carbonyl (C=O) groups is 2. The zero-order valence-corrected chi connectivity index (χ0v) is 7.80. The van der Waals surface area contributed by atoms with Gasteiger partial charge in [-0.3, -0.25) is 4.79 Å². The van der Waals surface area contributed by atoms with Crippen molar-refractivity contribution in [1.29, 1.82) is 0 Å². The molecule has 1 atom stereocenters. The van der Waals surface area contributed by atoms with Gasteiger partial charge in [0.2, 0.25) is 0 Å². The zero-order valence-electron chi connectivity index (χ0n) is 7.80. The topological polar surface area (TPSA) is 75.6 Å². The van der Waals surface area contributed by atoms with Crippen LogP contribution in [-0.4, -0.2) is 42.4 Å². The summed E-state index contributed by atoms with van der Waals surface area (Å²) < 4.78 is 39.6. The molecular formula is C7H10F3NO4. The summed E-state index contributed by atoms with van der Waals surface area (Å²) in [5, 5.41) is 9.86. The molecular weight excluding hydrogens is 219 g/mol. The van der Waals surface area contributed by atoms with Crippen molar-refractivity contribution in [1.82, 2.24) is 5.32 Å². The highest BCUT2D eigenvalue weighted by Gasteiger charge is 2.40. The Morgan fingerprint density at radius 3 is 2.33 bits per heavy atom. The Labute approximate surface area is 83.2 Å². The molecule has 0 bridgehead atoms. The van der Waals surface area contributed by atoms with Gasteiger partial charge in [0.05, 0.1) is 13.2 Å². The minimum Gasteiger partial charge on any atom is -0.464 e. The highest BCUT2D eigenvalue weighted by Crippen LogP contribution is 2.14. The van der Waals surface area contributed by atoms with Crippen LogP contribution in [0.1, 0.15) is 6.92 Å². The lowest BCUT2D eigenvalue weighted by Crippen LogP contribution is -2.49. The maximum absolute atomic E-state index is 11.7. The van der Waals surface area contributed by atoms with Crippen LogP contribution in [0.25, 0.3) is 0 Å². The van der Waals surface area contributed by atoms with E-state index in [4.69, 9.17) is 5.11 Å². The molecule has 0 radical (unpaired) electrons. The fourth-order valence-electron chi connectivity index (χ4n) is 0.662. The third-order valence-corrected chi connectivity index (χ3v) is 1.32. The highest BCUT2D eigenvalue weighted by molar-refractivity contribution is 5.87. The monoisotopic (exact) mass is 229 g/mol. The molecule has 0 spiro atoms. The number of halogens is 3. The summed E-state index contributed by atoms with van der Waals surface area (Å²) in [6.07, 6.45) is -5.10. The molecule has 0 rings (SSSR count). The lowest BCUT2D eigenvalue weighted by atomic mass is 10.3. The molecule has 1 unspecified atom stereocenters.